The van der Waals surface area contributed by atoms with Crippen molar-refractivity contribution in [2.24, 2.45) is 11.7 Å². The molecule has 0 amide bonds. The largest absolute Gasteiger partial charge is 0.333 e. The standard InChI is InChI=1S/C14H24N4/c1-2-17-7-5-11(9-17)8-12-10-18-6-3-4-13(15)14(18)16-12/h10-11,13H,2-9,15H2,1H3. The number of hydrogen-bond acceptors (Lipinski definition) is 3. The monoisotopic (exact) mass is 248 g/mol. The molecule has 0 aliphatic carbocycles. The molecular formula is C14H24N4. The Morgan fingerprint density at radius 3 is 3.00 bits per heavy atom. The fourth-order valence-corrected chi connectivity index (χ4v) is 3.33. The van der Waals surface area contributed by atoms with E-state index in [4.69, 9.17) is 10.7 Å². The molecule has 3 rings (SSSR count). The Morgan fingerprint density at radius 2 is 2.28 bits per heavy atom. The number of rotatable bonds is 3. The van der Waals surface area contributed by atoms with Gasteiger partial charge in [0.2, 0.25) is 0 Å². The van der Waals surface area contributed by atoms with Crippen LogP contribution in [0.1, 0.15) is 43.7 Å². The second kappa shape index (κ2) is 5.02. The van der Waals surface area contributed by atoms with E-state index < -0.39 is 0 Å². The van der Waals surface area contributed by atoms with Crippen LogP contribution in [0.3, 0.4) is 0 Å². The van der Waals surface area contributed by atoms with Gasteiger partial charge in [-0.15, -0.1) is 0 Å². The molecular weight excluding hydrogens is 224 g/mol. The van der Waals surface area contributed by atoms with E-state index in [-0.39, 0.29) is 6.04 Å². The molecule has 2 aliphatic heterocycles. The Morgan fingerprint density at radius 1 is 1.39 bits per heavy atom. The van der Waals surface area contributed by atoms with Gasteiger partial charge in [-0.3, -0.25) is 0 Å². The molecule has 0 radical (unpaired) electrons. The van der Waals surface area contributed by atoms with Gasteiger partial charge in [-0.1, -0.05) is 6.92 Å². The van der Waals surface area contributed by atoms with E-state index in [1.54, 1.807) is 0 Å². The number of hydrogen-bond donors (Lipinski definition) is 1. The van der Waals surface area contributed by atoms with Crippen molar-refractivity contribution in [3.05, 3.63) is 17.7 Å². The van der Waals surface area contributed by atoms with Crippen molar-refractivity contribution in [3.63, 3.8) is 0 Å². The van der Waals surface area contributed by atoms with Crippen molar-refractivity contribution in [1.29, 1.82) is 0 Å². The first kappa shape index (κ1) is 12.2. The van der Waals surface area contributed by atoms with Gasteiger partial charge in [0.25, 0.3) is 0 Å². The topological polar surface area (TPSA) is 47.1 Å². The average Bonchev–Trinajstić information content (AvgIpc) is 2.96. The van der Waals surface area contributed by atoms with Crippen molar-refractivity contribution >= 4 is 0 Å². The van der Waals surface area contributed by atoms with Crippen LogP contribution in [0.2, 0.25) is 0 Å². The molecule has 100 valence electrons. The first-order chi connectivity index (χ1) is 8.76. The molecule has 18 heavy (non-hydrogen) atoms. The molecule has 1 fully saturated rings. The van der Waals surface area contributed by atoms with Crippen LogP contribution in [0, 0.1) is 5.92 Å². The number of aromatic nitrogens is 2. The Kier molecular flexibility index (Phi) is 3.39. The Labute approximate surface area is 109 Å². The summed E-state index contributed by atoms with van der Waals surface area (Å²) in [5.41, 5.74) is 7.37. The van der Waals surface area contributed by atoms with Crippen LogP contribution >= 0.6 is 0 Å². The smallest absolute Gasteiger partial charge is 0.125 e. The van der Waals surface area contributed by atoms with E-state index in [1.807, 2.05) is 0 Å². The summed E-state index contributed by atoms with van der Waals surface area (Å²) in [4.78, 5) is 7.30. The maximum Gasteiger partial charge on any atom is 0.125 e. The highest BCUT2D eigenvalue weighted by molar-refractivity contribution is 5.10. The van der Waals surface area contributed by atoms with E-state index in [9.17, 15) is 0 Å². The van der Waals surface area contributed by atoms with Crippen LogP contribution in [-0.2, 0) is 13.0 Å². The summed E-state index contributed by atoms with van der Waals surface area (Å²) >= 11 is 0. The third-order valence-electron chi connectivity index (χ3n) is 4.42. The fraction of sp³-hybridized carbons (Fsp3) is 0.786. The first-order valence-electron chi connectivity index (χ1n) is 7.30. The number of likely N-dealkylation sites (tertiary alicyclic amines) is 1. The lowest BCUT2D eigenvalue weighted by atomic mass is 10.0. The van der Waals surface area contributed by atoms with Crippen molar-refractivity contribution in [2.75, 3.05) is 19.6 Å². The zero-order chi connectivity index (χ0) is 12.5. The Balaban J connectivity index is 1.67. The second-order valence-corrected chi connectivity index (χ2v) is 5.78. The molecule has 0 aromatic carbocycles. The van der Waals surface area contributed by atoms with Gasteiger partial charge >= 0.3 is 0 Å². The molecule has 4 nitrogen and oxygen atoms in total. The van der Waals surface area contributed by atoms with E-state index in [0.717, 1.165) is 31.1 Å². The predicted octanol–water partition coefficient (Wildman–Crippen LogP) is 1.56. The van der Waals surface area contributed by atoms with E-state index in [2.05, 4.69) is 22.6 Å². The highest BCUT2D eigenvalue weighted by Crippen LogP contribution is 2.25. The molecule has 0 saturated carbocycles. The van der Waals surface area contributed by atoms with E-state index >= 15 is 0 Å². The molecule has 0 bridgehead atoms. The molecule has 1 aromatic heterocycles. The quantitative estimate of drug-likeness (QED) is 0.883. The fourth-order valence-electron chi connectivity index (χ4n) is 3.33. The van der Waals surface area contributed by atoms with Gasteiger partial charge < -0.3 is 15.2 Å². The van der Waals surface area contributed by atoms with E-state index in [1.165, 1.54) is 38.2 Å². The van der Waals surface area contributed by atoms with Crippen LogP contribution in [0.4, 0.5) is 0 Å². The third-order valence-corrected chi connectivity index (χ3v) is 4.42. The number of nitrogens with zero attached hydrogens (tertiary/aromatic N) is 3. The second-order valence-electron chi connectivity index (χ2n) is 5.78. The Bertz CT molecular complexity index is 412. The normalized spacial score (nSPS) is 28.6. The molecule has 1 saturated heterocycles. The lowest BCUT2D eigenvalue weighted by molar-refractivity contribution is 0.341. The molecule has 2 atom stereocenters. The molecule has 4 heteroatoms. The van der Waals surface area contributed by atoms with Gasteiger partial charge in [-0.2, -0.15) is 0 Å². The first-order valence-corrected chi connectivity index (χ1v) is 7.30. The molecule has 1 aromatic rings. The summed E-state index contributed by atoms with van der Waals surface area (Å²) < 4.78 is 2.27. The lowest BCUT2D eigenvalue weighted by Gasteiger charge is -2.19. The minimum atomic E-state index is 0.156. The van der Waals surface area contributed by atoms with Crippen molar-refractivity contribution < 1.29 is 0 Å². The van der Waals surface area contributed by atoms with Crippen LogP contribution in [0.25, 0.3) is 0 Å². The molecule has 2 aliphatic rings. The van der Waals surface area contributed by atoms with Gasteiger partial charge in [0, 0.05) is 19.3 Å². The summed E-state index contributed by atoms with van der Waals surface area (Å²) in [7, 11) is 0. The summed E-state index contributed by atoms with van der Waals surface area (Å²) in [6, 6.07) is 0.156. The van der Waals surface area contributed by atoms with Crippen molar-refractivity contribution in [1.82, 2.24) is 14.5 Å². The lowest BCUT2D eigenvalue weighted by Crippen LogP contribution is -2.21. The number of aryl methyl sites for hydroxylation is 1. The Hall–Kier alpha value is -0.870. The summed E-state index contributed by atoms with van der Waals surface area (Å²) in [6.07, 6.45) is 6.97. The van der Waals surface area contributed by atoms with Crippen LogP contribution < -0.4 is 5.73 Å². The molecule has 2 unspecified atom stereocenters. The van der Waals surface area contributed by atoms with E-state index in [0.29, 0.717) is 0 Å². The SMILES string of the molecule is CCN1CCC(Cc2cn3c(n2)C(N)CCC3)C1. The van der Waals surface area contributed by atoms with Crippen molar-refractivity contribution in [2.45, 2.75) is 45.2 Å². The summed E-state index contributed by atoms with van der Waals surface area (Å²) in [5, 5.41) is 0. The zero-order valence-electron chi connectivity index (χ0n) is 11.3. The maximum absolute atomic E-state index is 6.12. The highest BCUT2D eigenvalue weighted by atomic mass is 15.1. The van der Waals surface area contributed by atoms with Crippen LogP contribution in [0.5, 0.6) is 0 Å². The van der Waals surface area contributed by atoms with Crippen LogP contribution in [-0.4, -0.2) is 34.1 Å². The number of imidazole rings is 1. The van der Waals surface area contributed by atoms with Crippen molar-refractivity contribution in [3.8, 4) is 0 Å². The molecule has 0 spiro atoms. The highest BCUT2D eigenvalue weighted by Gasteiger charge is 2.24. The average molecular weight is 248 g/mol. The van der Waals surface area contributed by atoms with Gasteiger partial charge in [-0.25, -0.2) is 4.98 Å². The summed E-state index contributed by atoms with van der Waals surface area (Å²) in [6.45, 7) is 7.03. The molecule has 2 N–H and O–H groups in total. The van der Waals surface area contributed by atoms with Gasteiger partial charge in [0.1, 0.15) is 5.82 Å². The van der Waals surface area contributed by atoms with Gasteiger partial charge in [-0.05, 0) is 44.7 Å². The minimum Gasteiger partial charge on any atom is -0.333 e. The maximum atomic E-state index is 6.12. The minimum absolute atomic E-state index is 0.156. The van der Waals surface area contributed by atoms with Gasteiger partial charge in [0.15, 0.2) is 0 Å². The summed E-state index contributed by atoms with van der Waals surface area (Å²) in [5.74, 6) is 1.90. The third kappa shape index (κ3) is 2.31. The predicted molar refractivity (Wildman–Crippen MR) is 72.3 cm³/mol. The number of fused-ring (bicyclic) bond motifs is 1. The zero-order valence-corrected chi connectivity index (χ0v) is 11.3. The molecule has 3 heterocycles. The van der Waals surface area contributed by atoms with Gasteiger partial charge in [0.05, 0.1) is 11.7 Å². The van der Waals surface area contributed by atoms with Crippen LogP contribution in [0.15, 0.2) is 6.20 Å². The number of nitrogens with two attached hydrogens (primary N) is 1.